The van der Waals surface area contributed by atoms with Crippen molar-refractivity contribution in [3.63, 3.8) is 0 Å². The molecule has 1 aliphatic rings. The summed E-state index contributed by atoms with van der Waals surface area (Å²) in [6.45, 7) is 5.81. The lowest BCUT2D eigenvalue weighted by Gasteiger charge is -2.19. The SMILES string of the molecule is CCNC(=NCc1cn2ccsc2n1)NC(C)c1ccc(OCC2CC2)c(F)c1. The Morgan fingerprint density at radius 3 is 3.03 bits per heavy atom. The normalized spacial score (nSPS) is 15.5. The van der Waals surface area contributed by atoms with E-state index >= 15 is 0 Å². The summed E-state index contributed by atoms with van der Waals surface area (Å²) in [4.78, 5) is 10.1. The van der Waals surface area contributed by atoms with Gasteiger partial charge in [0.2, 0.25) is 0 Å². The summed E-state index contributed by atoms with van der Waals surface area (Å²) in [5.74, 6) is 1.27. The van der Waals surface area contributed by atoms with Crippen molar-refractivity contribution in [3.05, 3.63) is 53.0 Å². The standard InChI is InChI=1S/C21H26FN5OS/c1-3-23-20(24-11-17-12-27-8-9-29-21(27)26-17)25-14(2)16-6-7-19(18(22)10-16)28-13-15-4-5-15/h6-10,12,14-15H,3-5,11,13H2,1-2H3,(H2,23,24,25). The molecule has 154 valence electrons. The summed E-state index contributed by atoms with van der Waals surface area (Å²) < 4.78 is 22.0. The number of nitrogens with zero attached hydrogens (tertiary/aromatic N) is 3. The Balaban J connectivity index is 1.39. The molecule has 2 heterocycles. The molecule has 1 aliphatic carbocycles. The van der Waals surface area contributed by atoms with E-state index in [1.54, 1.807) is 17.4 Å². The van der Waals surface area contributed by atoms with Crippen LogP contribution in [0.15, 0.2) is 41.0 Å². The number of ether oxygens (including phenoxy) is 1. The van der Waals surface area contributed by atoms with Crippen LogP contribution in [0.4, 0.5) is 4.39 Å². The van der Waals surface area contributed by atoms with Gasteiger partial charge in [-0.2, -0.15) is 0 Å². The van der Waals surface area contributed by atoms with Gasteiger partial charge in [-0.1, -0.05) is 6.07 Å². The lowest BCUT2D eigenvalue weighted by molar-refractivity contribution is 0.285. The average Bonchev–Trinajstić information content (AvgIpc) is 3.29. The highest BCUT2D eigenvalue weighted by Crippen LogP contribution is 2.30. The van der Waals surface area contributed by atoms with Crippen molar-refractivity contribution in [1.82, 2.24) is 20.0 Å². The number of imidazole rings is 1. The van der Waals surface area contributed by atoms with E-state index in [0.29, 0.717) is 30.8 Å². The van der Waals surface area contributed by atoms with Crippen molar-refractivity contribution < 1.29 is 9.13 Å². The molecule has 6 nitrogen and oxygen atoms in total. The number of guanidine groups is 1. The van der Waals surface area contributed by atoms with Gasteiger partial charge in [-0.25, -0.2) is 14.4 Å². The fourth-order valence-corrected chi connectivity index (χ4v) is 3.74. The lowest BCUT2D eigenvalue weighted by atomic mass is 10.1. The Bertz CT molecular complexity index is 966. The fraction of sp³-hybridized carbons (Fsp3) is 0.429. The van der Waals surface area contributed by atoms with Gasteiger partial charge in [-0.3, -0.25) is 4.40 Å². The number of hydrogen-bond acceptors (Lipinski definition) is 4. The van der Waals surface area contributed by atoms with Crippen LogP contribution in [0.3, 0.4) is 0 Å². The summed E-state index contributed by atoms with van der Waals surface area (Å²) in [5, 5.41) is 8.58. The molecule has 4 rings (SSSR count). The number of rotatable bonds is 8. The molecule has 2 N–H and O–H groups in total. The zero-order valence-corrected chi connectivity index (χ0v) is 17.5. The molecule has 1 saturated carbocycles. The molecule has 1 atom stereocenters. The highest BCUT2D eigenvalue weighted by molar-refractivity contribution is 7.15. The van der Waals surface area contributed by atoms with Gasteiger partial charge in [0.1, 0.15) is 0 Å². The first-order valence-corrected chi connectivity index (χ1v) is 10.9. The zero-order chi connectivity index (χ0) is 20.2. The second-order valence-electron chi connectivity index (χ2n) is 7.33. The Hall–Kier alpha value is -2.61. The number of thiazole rings is 1. The largest absolute Gasteiger partial charge is 0.490 e. The molecule has 3 aromatic rings. The molecule has 0 amide bonds. The maximum absolute atomic E-state index is 14.4. The van der Waals surface area contributed by atoms with Gasteiger partial charge in [-0.15, -0.1) is 11.3 Å². The quantitative estimate of drug-likeness (QED) is 0.429. The Labute approximate surface area is 173 Å². The van der Waals surface area contributed by atoms with Crippen molar-refractivity contribution in [1.29, 1.82) is 0 Å². The van der Waals surface area contributed by atoms with Crippen molar-refractivity contribution in [2.24, 2.45) is 10.9 Å². The molecule has 0 aliphatic heterocycles. The van der Waals surface area contributed by atoms with Crippen LogP contribution in [0, 0.1) is 11.7 Å². The van der Waals surface area contributed by atoms with Gasteiger partial charge in [-0.05, 0) is 50.3 Å². The molecule has 0 spiro atoms. The van der Waals surface area contributed by atoms with Gasteiger partial charge >= 0.3 is 0 Å². The highest BCUT2D eigenvalue weighted by Gasteiger charge is 2.22. The third kappa shape index (κ3) is 5.06. The Morgan fingerprint density at radius 2 is 2.31 bits per heavy atom. The summed E-state index contributed by atoms with van der Waals surface area (Å²) in [5.41, 5.74) is 1.75. The number of hydrogen-bond donors (Lipinski definition) is 2. The van der Waals surface area contributed by atoms with E-state index < -0.39 is 0 Å². The minimum atomic E-state index is -0.322. The van der Waals surface area contributed by atoms with Crippen molar-refractivity contribution in [2.75, 3.05) is 13.2 Å². The van der Waals surface area contributed by atoms with Gasteiger partial charge in [0, 0.05) is 24.3 Å². The van der Waals surface area contributed by atoms with E-state index in [0.717, 1.165) is 22.8 Å². The van der Waals surface area contributed by atoms with Crippen molar-refractivity contribution >= 4 is 22.3 Å². The van der Waals surface area contributed by atoms with Gasteiger partial charge in [0.15, 0.2) is 22.5 Å². The molecule has 0 radical (unpaired) electrons. The average molecular weight is 416 g/mol. The maximum Gasteiger partial charge on any atom is 0.193 e. The molecule has 0 bridgehead atoms. The van der Waals surface area contributed by atoms with Crippen LogP contribution >= 0.6 is 11.3 Å². The third-order valence-corrected chi connectivity index (χ3v) is 5.64. The first-order chi connectivity index (χ1) is 14.1. The predicted octanol–water partition coefficient (Wildman–Crippen LogP) is 4.14. The lowest BCUT2D eigenvalue weighted by Crippen LogP contribution is -2.38. The van der Waals surface area contributed by atoms with E-state index in [4.69, 9.17) is 4.74 Å². The zero-order valence-electron chi connectivity index (χ0n) is 16.7. The molecule has 1 aromatic carbocycles. The molecule has 29 heavy (non-hydrogen) atoms. The van der Waals surface area contributed by atoms with E-state index in [2.05, 4.69) is 20.6 Å². The summed E-state index contributed by atoms with van der Waals surface area (Å²) in [6.07, 6.45) is 6.34. The van der Waals surface area contributed by atoms with Crippen LogP contribution < -0.4 is 15.4 Å². The first kappa shape index (κ1) is 19.7. The maximum atomic E-state index is 14.4. The second-order valence-corrected chi connectivity index (χ2v) is 8.20. The molecule has 1 fully saturated rings. The molecular formula is C21H26FN5OS. The van der Waals surface area contributed by atoms with Crippen LogP contribution in [0.25, 0.3) is 4.96 Å². The van der Waals surface area contributed by atoms with Crippen molar-refractivity contribution in [3.8, 4) is 5.75 Å². The van der Waals surface area contributed by atoms with Crippen LogP contribution in [0.5, 0.6) is 5.75 Å². The van der Waals surface area contributed by atoms with Crippen LogP contribution in [0.1, 0.15) is 44.0 Å². The molecule has 1 unspecified atom stereocenters. The van der Waals surface area contributed by atoms with E-state index in [1.165, 1.54) is 18.9 Å². The molecule has 8 heteroatoms. The molecule has 2 aromatic heterocycles. The fourth-order valence-electron chi connectivity index (χ4n) is 3.02. The van der Waals surface area contributed by atoms with E-state index in [1.807, 2.05) is 42.1 Å². The third-order valence-electron chi connectivity index (χ3n) is 4.87. The number of nitrogens with one attached hydrogen (secondary N) is 2. The van der Waals surface area contributed by atoms with E-state index in [-0.39, 0.29) is 11.9 Å². The minimum Gasteiger partial charge on any atom is -0.490 e. The Morgan fingerprint density at radius 1 is 1.45 bits per heavy atom. The highest BCUT2D eigenvalue weighted by atomic mass is 32.1. The van der Waals surface area contributed by atoms with Crippen LogP contribution in [-0.4, -0.2) is 28.5 Å². The van der Waals surface area contributed by atoms with Gasteiger partial charge < -0.3 is 15.4 Å². The van der Waals surface area contributed by atoms with E-state index in [9.17, 15) is 4.39 Å². The summed E-state index contributed by atoms with van der Waals surface area (Å²) in [7, 11) is 0. The van der Waals surface area contributed by atoms with Gasteiger partial charge in [0.05, 0.1) is 24.9 Å². The number of fused-ring (bicyclic) bond motifs is 1. The topological polar surface area (TPSA) is 63.0 Å². The predicted molar refractivity (Wildman–Crippen MR) is 114 cm³/mol. The number of aliphatic imine (C=N–C) groups is 1. The molecule has 0 saturated heterocycles. The number of halogens is 1. The van der Waals surface area contributed by atoms with Crippen LogP contribution in [-0.2, 0) is 6.54 Å². The summed E-state index contributed by atoms with van der Waals surface area (Å²) in [6, 6.07) is 5.04. The monoisotopic (exact) mass is 415 g/mol. The van der Waals surface area contributed by atoms with Crippen LogP contribution in [0.2, 0.25) is 0 Å². The van der Waals surface area contributed by atoms with Gasteiger partial charge in [0.25, 0.3) is 0 Å². The number of benzene rings is 1. The number of aromatic nitrogens is 2. The Kier molecular flexibility index (Phi) is 5.99. The van der Waals surface area contributed by atoms with Crippen molar-refractivity contribution in [2.45, 2.75) is 39.3 Å². The second kappa shape index (κ2) is 8.82. The summed E-state index contributed by atoms with van der Waals surface area (Å²) >= 11 is 1.60. The molecular weight excluding hydrogens is 389 g/mol. The minimum absolute atomic E-state index is 0.106. The smallest absolute Gasteiger partial charge is 0.193 e. The first-order valence-electron chi connectivity index (χ1n) is 10.0.